The van der Waals surface area contributed by atoms with Crippen LogP contribution in [0.15, 0.2) is 127 Å². The van der Waals surface area contributed by atoms with Crippen molar-refractivity contribution in [1.82, 2.24) is 9.44 Å². The van der Waals surface area contributed by atoms with Crippen LogP contribution >= 0.6 is 21.6 Å². The van der Waals surface area contributed by atoms with Crippen LogP contribution in [0.5, 0.6) is 0 Å². The summed E-state index contributed by atoms with van der Waals surface area (Å²) in [7, 11) is 2.10. The maximum absolute atomic E-state index is 13.4. The van der Waals surface area contributed by atoms with Crippen LogP contribution in [-0.2, 0) is 29.3 Å². The number of nitrogens with one attached hydrogen (secondary N) is 2. The molecule has 3 atom stereocenters. The lowest BCUT2D eigenvalue weighted by molar-refractivity contribution is -0.139. The number of carbonyl (C=O) groups is 2. The number of azo groups is 2. The molecule has 15 nitrogen and oxygen atoms in total. The predicted octanol–water partition coefficient (Wildman–Crippen LogP) is 6.50. The zero-order valence-electron chi connectivity index (χ0n) is 29.8. The molecule has 0 bridgehead atoms. The minimum absolute atomic E-state index is 0.139. The largest absolute Gasteiger partial charge is 0.480 e. The first-order chi connectivity index (χ1) is 25.5. The van der Waals surface area contributed by atoms with Crippen LogP contribution in [0.25, 0.3) is 0 Å². The van der Waals surface area contributed by atoms with Crippen LogP contribution in [0.3, 0.4) is 0 Å². The minimum Gasteiger partial charge on any atom is -0.480 e. The second-order valence-electron chi connectivity index (χ2n) is 12.0. The maximum Gasteiger partial charge on any atom is 0.322 e. The molecule has 19 heteroatoms. The van der Waals surface area contributed by atoms with Gasteiger partial charge in [-0.25, -0.2) is 17.3 Å². The molecular formula is C35H40N8O7S4. The van der Waals surface area contributed by atoms with Crippen molar-refractivity contribution in [1.29, 1.82) is 0 Å². The number of carboxylic acids is 2. The number of benzene rings is 4. The zero-order chi connectivity index (χ0) is 39.5. The van der Waals surface area contributed by atoms with Gasteiger partial charge in [0.25, 0.3) is 0 Å². The number of hydrogen-bond donors (Lipinski definition) is 4. The third-order valence-electron chi connectivity index (χ3n) is 7.44. The number of anilines is 2. The van der Waals surface area contributed by atoms with Gasteiger partial charge in [-0.3, -0.25) is 9.59 Å². The molecule has 0 saturated carbocycles. The van der Waals surface area contributed by atoms with Crippen molar-refractivity contribution in [2.24, 2.45) is 20.5 Å². The maximum atomic E-state index is 13.4. The molecule has 54 heavy (non-hydrogen) atoms. The minimum atomic E-state index is -4.25. The molecule has 0 aromatic heterocycles. The van der Waals surface area contributed by atoms with Crippen LogP contribution in [-0.4, -0.2) is 92.4 Å². The van der Waals surface area contributed by atoms with E-state index in [4.69, 9.17) is 0 Å². The highest BCUT2D eigenvalue weighted by molar-refractivity contribution is 8.76. The van der Waals surface area contributed by atoms with Gasteiger partial charge in [-0.15, -0.1) is 0 Å². The average molecular weight is 813 g/mol. The van der Waals surface area contributed by atoms with Crippen molar-refractivity contribution in [2.45, 2.75) is 21.9 Å². The number of sulfonamides is 1. The van der Waals surface area contributed by atoms with Gasteiger partial charge >= 0.3 is 11.9 Å². The summed E-state index contributed by atoms with van der Waals surface area (Å²) in [5.41, 5.74) is 4.14. The van der Waals surface area contributed by atoms with Crippen LogP contribution in [0.4, 0.5) is 34.1 Å². The molecule has 4 aromatic rings. The van der Waals surface area contributed by atoms with Gasteiger partial charge in [0, 0.05) is 56.0 Å². The number of rotatable bonds is 19. The van der Waals surface area contributed by atoms with Crippen LogP contribution < -0.4 is 19.2 Å². The molecule has 0 saturated heterocycles. The highest BCUT2D eigenvalue weighted by Gasteiger charge is 2.27. The molecule has 0 fully saturated rings. The summed E-state index contributed by atoms with van der Waals surface area (Å²) in [6.07, 6.45) is 0. The average Bonchev–Trinajstić information content (AvgIpc) is 3.14. The van der Waals surface area contributed by atoms with Gasteiger partial charge in [-0.2, -0.15) is 25.2 Å². The lowest BCUT2D eigenvalue weighted by Crippen LogP contribution is -2.43. The van der Waals surface area contributed by atoms with E-state index in [0.717, 1.165) is 33.0 Å². The summed E-state index contributed by atoms with van der Waals surface area (Å²) in [5.74, 6) is 0.612. The molecular weight excluding hydrogens is 773 g/mol. The molecule has 0 amide bonds. The number of aliphatic carboxylic acids is 2. The Labute approximate surface area is 322 Å². The Hall–Kier alpha value is -4.79. The van der Waals surface area contributed by atoms with Crippen molar-refractivity contribution in [3.8, 4) is 0 Å². The molecule has 0 aliphatic rings. The third-order valence-corrected chi connectivity index (χ3v) is 13.0. The second-order valence-corrected chi connectivity index (χ2v) is 18.3. The van der Waals surface area contributed by atoms with Gasteiger partial charge in [0.05, 0.1) is 37.4 Å². The summed E-state index contributed by atoms with van der Waals surface area (Å²) >= 11 is 0. The predicted molar refractivity (Wildman–Crippen MR) is 218 cm³/mol. The van der Waals surface area contributed by atoms with E-state index in [1.807, 2.05) is 74.4 Å². The fourth-order valence-corrected chi connectivity index (χ4v) is 9.45. The van der Waals surface area contributed by atoms with E-state index in [1.165, 1.54) is 36.4 Å². The zero-order valence-corrected chi connectivity index (χ0v) is 33.0. The summed E-state index contributed by atoms with van der Waals surface area (Å²) < 4.78 is 44.2. The highest BCUT2D eigenvalue weighted by Crippen LogP contribution is 2.27. The van der Waals surface area contributed by atoms with E-state index >= 15 is 0 Å². The number of nitrogens with zero attached hydrogens (tertiary/aromatic N) is 6. The van der Waals surface area contributed by atoms with Crippen molar-refractivity contribution < 1.29 is 32.4 Å². The van der Waals surface area contributed by atoms with Gasteiger partial charge in [0.15, 0.2) is 0 Å². The van der Waals surface area contributed by atoms with Crippen molar-refractivity contribution >= 4 is 93.3 Å². The third kappa shape index (κ3) is 12.4. The first kappa shape index (κ1) is 42.0. The standard InChI is InChI=1S/C35H40N8O7S4/c1-42(2)28-14-6-24(7-15-28)36-38-26-10-18-30(19-11-26)53(5,48)40-32(34(44)45)22-51-52-23-33(35(46)47)41-54(49,50)31-20-12-27(13-21-31)39-37-25-8-16-29(17-9-25)43(3)4/h6-21,32-33,41H,5,22-23H2,1-4H3,(H,40,48)(H,44,45)(H,46,47). The van der Waals surface area contributed by atoms with Gasteiger partial charge in [-0.05, 0) is 103 Å². The summed E-state index contributed by atoms with van der Waals surface area (Å²) in [6, 6.07) is 23.6. The second kappa shape index (κ2) is 19.0. The first-order valence-corrected chi connectivity index (χ1v) is 21.7. The van der Waals surface area contributed by atoms with E-state index < -0.39 is 43.8 Å². The first-order valence-electron chi connectivity index (χ1n) is 16.0. The summed E-state index contributed by atoms with van der Waals surface area (Å²) in [4.78, 5) is 27.9. The number of hydrogen-bond acceptors (Lipinski definition) is 13. The van der Waals surface area contributed by atoms with Crippen molar-refractivity contribution in [3.63, 3.8) is 0 Å². The SMILES string of the molecule is C=S(=O)(NC(CSSCC(NS(=O)(=O)c1ccc(N=Nc2ccc(N(C)C)cc2)cc1)C(=O)O)C(=O)O)c1ccc(N=Nc2ccc(N(C)C)cc2)cc1. The van der Waals surface area contributed by atoms with Crippen LogP contribution in [0.2, 0.25) is 0 Å². The Balaban J connectivity index is 1.29. The lowest BCUT2D eigenvalue weighted by atomic mass is 10.3. The van der Waals surface area contributed by atoms with Crippen molar-refractivity contribution in [2.75, 3.05) is 49.5 Å². The van der Waals surface area contributed by atoms with Gasteiger partial charge < -0.3 is 20.0 Å². The molecule has 286 valence electrons. The Morgan fingerprint density at radius 3 is 1.24 bits per heavy atom. The molecule has 4 aromatic carbocycles. The molecule has 4 N–H and O–H groups in total. The van der Waals surface area contributed by atoms with Gasteiger partial charge in [0.1, 0.15) is 12.1 Å². The highest BCUT2D eigenvalue weighted by atomic mass is 33.1. The quantitative estimate of drug-likeness (QED) is 0.0348. The molecule has 0 aliphatic heterocycles. The topological polar surface area (TPSA) is 206 Å². The molecule has 0 radical (unpaired) electrons. The van der Waals surface area contributed by atoms with E-state index in [-0.39, 0.29) is 21.3 Å². The summed E-state index contributed by atoms with van der Waals surface area (Å²) in [5, 5.41) is 36.2. The Morgan fingerprint density at radius 2 is 0.907 bits per heavy atom. The fourth-order valence-electron chi connectivity index (χ4n) is 4.39. The van der Waals surface area contributed by atoms with Gasteiger partial charge in [-0.1, -0.05) is 21.6 Å². The molecule has 4 rings (SSSR count). The number of carboxylic acid groups (broad SMARTS) is 2. The molecule has 0 heterocycles. The Kier molecular flexibility index (Phi) is 14.8. The van der Waals surface area contributed by atoms with Gasteiger partial charge in [0.2, 0.25) is 10.0 Å². The van der Waals surface area contributed by atoms with Crippen molar-refractivity contribution in [3.05, 3.63) is 97.1 Å². The summed E-state index contributed by atoms with van der Waals surface area (Å²) in [6.45, 7) is 0. The van der Waals surface area contributed by atoms with E-state index in [2.05, 4.69) is 35.8 Å². The van der Waals surface area contributed by atoms with E-state index in [1.54, 1.807) is 24.3 Å². The fraction of sp³-hybridized carbons (Fsp3) is 0.229. The smallest absolute Gasteiger partial charge is 0.322 e. The molecule has 3 unspecified atom stereocenters. The van der Waals surface area contributed by atoms with Crippen LogP contribution in [0.1, 0.15) is 0 Å². The molecule has 0 aliphatic carbocycles. The monoisotopic (exact) mass is 812 g/mol. The van der Waals surface area contributed by atoms with Crippen LogP contribution in [0, 0.1) is 0 Å². The molecule has 0 spiro atoms. The Bertz CT molecular complexity index is 2010. The van der Waals surface area contributed by atoms with E-state index in [9.17, 15) is 32.4 Å². The lowest BCUT2D eigenvalue weighted by Gasteiger charge is -2.18. The van der Waals surface area contributed by atoms with E-state index in [0.29, 0.717) is 22.7 Å². The normalized spacial score (nSPS) is 14.1. The Morgan fingerprint density at radius 1 is 0.593 bits per heavy atom.